The lowest BCUT2D eigenvalue weighted by Gasteiger charge is -2.18. The number of rotatable bonds is 1. The summed E-state index contributed by atoms with van der Waals surface area (Å²) in [6.45, 7) is 0.920. The van der Waals surface area contributed by atoms with E-state index in [-0.39, 0.29) is 0 Å². The van der Waals surface area contributed by atoms with E-state index in [2.05, 4.69) is 11.6 Å². The molecule has 0 aromatic heterocycles. The molecule has 0 nitrogen and oxygen atoms in total. The third kappa shape index (κ3) is 2.33. The Balaban J connectivity index is 4.02. The first-order chi connectivity index (χ1) is 3.25. The van der Waals surface area contributed by atoms with E-state index in [9.17, 15) is 8.78 Å². The average molecular weight is 183 g/mol. The van der Waals surface area contributed by atoms with Crippen molar-refractivity contribution in [1.29, 1.82) is 0 Å². The smallest absolute Gasteiger partial charge is 0.185 e. The maximum Gasteiger partial charge on any atom is 0.353 e. The number of hydrogen-bond donors (Lipinski definition) is 0. The lowest BCUT2D eigenvalue weighted by Crippen LogP contribution is -2.28. The first-order valence-electron chi connectivity index (χ1n) is 1.69. The summed E-state index contributed by atoms with van der Waals surface area (Å²) in [7, 11) is 0. The van der Waals surface area contributed by atoms with E-state index in [1.807, 2.05) is 0 Å². The van der Waals surface area contributed by atoms with Gasteiger partial charge in [-0.25, -0.2) is 0 Å². The van der Waals surface area contributed by atoms with Gasteiger partial charge in [-0.15, -0.1) is 0 Å². The third-order valence-corrected chi connectivity index (χ3v) is 1.54. The molecule has 0 saturated heterocycles. The Morgan fingerprint density at radius 2 is 1.25 bits per heavy atom. The van der Waals surface area contributed by atoms with Gasteiger partial charge in [-0.3, -0.25) is 0 Å². The molecule has 0 saturated carbocycles. The van der Waals surface area contributed by atoms with Gasteiger partial charge in [0.1, 0.15) is 0 Å². The lowest BCUT2D eigenvalue weighted by molar-refractivity contribution is 0.0823. The Labute approximate surface area is 60.7 Å². The first kappa shape index (κ1) is 8.73. The topological polar surface area (TPSA) is 0 Å². The molecule has 5 heteroatoms. The van der Waals surface area contributed by atoms with Crippen molar-refractivity contribution in [2.45, 2.75) is 16.6 Å². The van der Waals surface area contributed by atoms with Crippen molar-refractivity contribution in [2.75, 3.05) is 0 Å². The molecule has 0 amide bonds. The third-order valence-electron chi connectivity index (χ3n) is 0.498. The standard InChI is InChI=1S/C3H3Cl3F2/c1-2(4,5)3(6,7)8/h1H3. The molecule has 0 unspecified atom stereocenters. The van der Waals surface area contributed by atoms with Gasteiger partial charge in [0, 0.05) is 0 Å². The van der Waals surface area contributed by atoms with Crippen molar-refractivity contribution < 1.29 is 8.78 Å². The molecule has 0 heterocycles. The highest BCUT2D eigenvalue weighted by molar-refractivity contribution is 6.52. The molecule has 0 fully saturated rings. The summed E-state index contributed by atoms with van der Waals surface area (Å²) < 4.78 is 21.3. The first-order valence-corrected chi connectivity index (χ1v) is 2.83. The van der Waals surface area contributed by atoms with E-state index < -0.39 is 9.72 Å². The zero-order valence-corrected chi connectivity index (χ0v) is 6.16. The van der Waals surface area contributed by atoms with Crippen LogP contribution in [0.2, 0.25) is 0 Å². The molecule has 0 radical (unpaired) electrons. The van der Waals surface area contributed by atoms with Gasteiger partial charge in [0.05, 0.1) is 0 Å². The van der Waals surface area contributed by atoms with Gasteiger partial charge in [0.15, 0.2) is 4.33 Å². The van der Waals surface area contributed by atoms with Crippen LogP contribution in [0.25, 0.3) is 0 Å². The molecule has 0 aliphatic carbocycles. The highest BCUT2D eigenvalue weighted by Gasteiger charge is 2.45. The van der Waals surface area contributed by atoms with Crippen LogP contribution in [0.4, 0.5) is 8.78 Å². The molecule has 0 bridgehead atoms. The normalized spacial score (nSPS) is 14.2. The van der Waals surface area contributed by atoms with Crippen molar-refractivity contribution in [1.82, 2.24) is 0 Å². The van der Waals surface area contributed by atoms with Crippen molar-refractivity contribution in [3.63, 3.8) is 0 Å². The summed E-state index contributed by atoms with van der Waals surface area (Å²) >= 11 is 14.2. The molecule has 0 spiro atoms. The van der Waals surface area contributed by atoms with E-state index in [1.165, 1.54) is 0 Å². The van der Waals surface area contributed by atoms with Crippen molar-refractivity contribution in [3.05, 3.63) is 0 Å². The molecule has 0 aromatic rings. The van der Waals surface area contributed by atoms with Crippen LogP contribution in [0.15, 0.2) is 0 Å². The minimum Gasteiger partial charge on any atom is -0.185 e. The van der Waals surface area contributed by atoms with Gasteiger partial charge in [-0.2, -0.15) is 8.78 Å². The minimum atomic E-state index is -3.56. The second-order valence-corrected chi connectivity index (χ2v) is 3.57. The number of alkyl halides is 5. The van der Waals surface area contributed by atoms with Crippen molar-refractivity contribution >= 4 is 34.8 Å². The molecule has 0 N–H and O–H groups in total. The highest BCUT2D eigenvalue weighted by atomic mass is 35.5. The van der Waals surface area contributed by atoms with E-state index in [4.69, 9.17) is 23.2 Å². The van der Waals surface area contributed by atoms with E-state index in [0.29, 0.717) is 0 Å². The van der Waals surface area contributed by atoms with Gasteiger partial charge >= 0.3 is 5.38 Å². The summed E-state index contributed by atoms with van der Waals surface area (Å²) in [5, 5.41) is -3.56. The van der Waals surface area contributed by atoms with Gasteiger partial charge in [-0.05, 0) is 18.5 Å². The Kier molecular flexibility index (Phi) is 2.36. The minimum absolute atomic E-state index is 0.920. The maximum atomic E-state index is 11.7. The summed E-state index contributed by atoms with van der Waals surface area (Å²) in [6, 6.07) is 0. The zero-order chi connectivity index (χ0) is 7.00. The van der Waals surface area contributed by atoms with Crippen LogP contribution in [0.1, 0.15) is 6.92 Å². The monoisotopic (exact) mass is 182 g/mol. The zero-order valence-electron chi connectivity index (χ0n) is 3.89. The summed E-state index contributed by atoms with van der Waals surface area (Å²) in [4.78, 5) is 0. The predicted octanol–water partition coefficient (Wildman–Crippen LogP) is 3.01. The Morgan fingerprint density at radius 3 is 1.25 bits per heavy atom. The number of halogens is 5. The summed E-state index contributed by atoms with van der Waals surface area (Å²) in [5.41, 5.74) is 0. The van der Waals surface area contributed by atoms with Crippen molar-refractivity contribution in [3.8, 4) is 0 Å². The largest absolute Gasteiger partial charge is 0.353 e. The molecule has 8 heavy (non-hydrogen) atoms. The fourth-order valence-electron chi connectivity index (χ4n) is 0. The molecule has 50 valence electrons. The van der Waals surface area contributed by atoms with Gasteiger partial charge in [0.2, 0.25) is 0 Å². The summed E-state index contributed by atoms with van der Waals surface area (Å²) in [5.74, 6) is 0. The van der Waals surface area contributed by atoms with Gasteiger partial charge < -0.3 is 0 Å². The van der Waals surface area contributed by atoms with E-state index in [0.717, 1.165) is 6.92 Å². The van der Waals surface area contributed by atoms with E-state index in [1.54, 1.807) is 0 Å². The number of hydrogen-bond acceptors (Lipinski definition) is 0. The highest BCUT2D eigenvalue weighted by Crippen LogP contribution is 2.40. The Hall–Kier alpha value is 0.730. The molecule has 0 rings (SSSR count). The van der Waals surface area contributed by atoms with Crippen LogP contribution in [0, 0.1) is 0 Å². The SMILES string of the molecule is CC(Cl)(Cl)C(F)(F)Cl. The Bertz CT molecular complexity index is 67.5. The molecular weight excluding hydrogens is 180 g/mol. The molecular formula is C3H3Cl3F2. The molecule has 0 atom stereocenters. The second-order valence-electron chi connectivity index (χ2n) is 1.39. The summed E-state index contributed by atoms with van der Waals surface area (Å²) in [6.07, 6.45) is 0. The van der Waals surface area contributed by atoms with Crippen LogP contribution >= 0.6 is 34.8 Å². The molecule has 0 aromatic carbocycles. The van der Waals surface area contributed by atoms with E-state index >= 15 is 0 Å². The van der Waals surface area contributed by atoms with Crippen LogP contribution in [0.5, 0.6) is 0 Å². The lowest BCUT2D eigenvalue weighted by atomic mass is 10.5. The van der Waals surface area contributed by atoms with Crippen LogP contribution < -0.4 is 0 Å². The van der Waals surface area contributed by atoms with Crippen molar-refractivity contribution in [2.24, 2.45) is 0 Å². The second kappa shape index (κ2) is 2.16. The average Bonchev–Trinajstić information content (AvgIpc) is 1.25. The molecule has 0 aliphatic heterocycles. The van der Waals surface area contributed by atoms with Gasteiger partial charge in [0.25, 0.3) is 0 Å². The Morgan fingerprint density at radius 1 is 1.12 bits per heavy atom. The molecule has 0 aliphatic rings. The fourth-order valence-corrected chi connectivity index (χ4v) is 0. The van der Waals surface area contributed by atoms with Crippen LogP contribution in [-0.2, 0) is 0 Å². The van der Waals surface area contributed by atoms with Gasteiger partial charge in [-0.1, -0.05) is 23.2 Å². The van der Waals surface area contributed by atoms with Crippen LogP contribution in [0.3, 0.4) is 0 Å². The quantitative estimate of drug-likeness (QED) is 0.548. The predicted molar refractivity (Wildman–Crippen MR) is 30.9 cm³/mol. The van der Waals surface area contributed by atoms with Crippen LogP contribution in [-0.4, -0.2) is 9.72 Å². The maximum absolute atomic E-state index is 11.7. The fraction of sp³-hybridized carbons (Fsp3) is 1.00.